The first-order valence-corrected chi connectivity index (χ1v) is 11.2. The maximum atomic E-state index is 12.2. The number of carboxylic acids is 1. The van der Waals surface area contributed by atoms with Crippen molar-refractivity contribution in [3.05, 3.63) is 50.4 Å². The third kappa shape index (κ3) is 5.39. The summed E-state index contributed by atoms with van der Waals surface area (Å²) >= 11 is 1.39. The smallest absolute Gasteiger partial charge is 0.372 e. The lowest BCUT2D eigenvalue weighted by Gasteiger charge is -2.22. The van der Waals surface area contributed by atoms with Crippen molar-refractivity contribution in [3.63, 3.8) is 0 Å². The summed E-state index contributed by atoms with van der Waals surface area (Å²) in [5.74, 6) is -0.954. The van der Waals surface area contributed by atoms with Crippen LogP contribution in [0, 0.1) is 0 Å². The van der Waals surface area contributed by atoms with E-state index >= 15 is 0 Å². The standard InChI is InChI=1S/C13H14N2O4S.C9H10N2O2.ClH/c1-13(2)5-6-7(3-4-19-13)20-11-8(6)10(16)14-9(15-11)12(17)18;10-4-6-1-2-8-7(3-6)11-9(12)5-13-8;/h3-5H2,1-2H3,(H,17,18)(H,14,15,16);1-3H,4-5,10H2,(H,11,12);1H. The van der Waals surface area contributed by atoms with Crippen LogP contribution in [0.25, 0.3) is 10.2 Å². The number of fused-ring (bicyclic) bond motifs is 4. The summed E-state index contributed by atoms with van der Waals surface area (Å²) < 4.78 is 10.9. The number of aromatic nitrogens is 2. The van der Waals surface area contributed by atoms with Crippen LogP contribution in [-0.2, 0) is 28.9 Å². The van der Waals surface area contributed by atoms with E-state index in [1.807, 2.05) is 32.0 Å². The molecule has 3 aromatic rings. The number of nitrogens with one attached hydrogen (secondary N) is 2. The number of benzene rings is 1. The molecule has 0 radical (unpaired) electrons. The summed E-state index contributed by atoms with van der Waals surface area (Å²) in [7, 11) is 0. The van der Waals surface area contributed by atoms with Gasteiger partial charge in [-0.3, -0.25) is 9.59 Å². The quantitative estimate of drug-likeness (QED) is 0.411. The lowest BCUT2D eigenvalue weighted by Crippen LogP contribution is -2.27. The number of amides is 1. The number of aromatic amines is 1. The number of hydrogen-bond acceptors (Lipinski definition) is 8. The number of nitrogens with zero attached hydrogens (tertiary/aromatic N) is 1. The number of carboxylic acid groups (broad SMARTS) is 1. The first kappa shape index (κ1) is 25.6. The predicted octanol–water partition coefficient (Wildman–Crippen LogP) is 2.47. The average molecular weight is 509 g/mol. The Bertz CT molecular complexity index is 1300. The van der Waals surface area contributed by atoms with Crippen molar-refractivity contribution < 1.29 is 24.2 Å². The van der Waals surface area contributed by atoms with Gasteiger partial charge in [-0.25, -0.2) is 9.78 Å². The molecule has 0 bridgehead atoms. The van der Waals surface area contributed by atoms with Gasteiger partial charge in [0, 0.05) is 24.3 Å². The number of thiophene rings is 1. The average Bonchev–Trinajstić information content (AvgIpc) is 3.02. The van der Waals surface area contributed by atoms with Crippen LogP contribution in [0.1, 0.15) is 40.5 Å². The van der Waals surface area contributed by atoms with Crippen LogP contribution < -0.4 is 21.3 Å². The normalized spacial score (nSPS) is 15.9. The Balaban J connectivity index is 0.000000201. The highest BCUT2D eigenvalue weighted by molar-refractivity contribution is 7.18. The van der Waals surface area contributed by atoms with Crippen molar-refractivity contribution in [2.75, 3.05) is 18.5 Å². The number of halogens is 1. The van der Waals surface area contributed by atoms with Gasteiger partial charge < -0.3 is 30.6 Å². The molecule has 4 heterocycles. The summed E-state index contributed by atoms with van der Waals surface area (Å²) in [5, 5.41) is 12.2. The third-order valence-electron chi connectivity index (χ3n) is 5.28. The lowest BCUT2D eigenvalue weighted by atomic mass is 9.97. The van der Waals surface area contributed by atoms with Gasteiger partial charge in [0.05, 0.1) is 23.3 Å². The van der Waals surface area contributed by atoms with Crippen LogP contribution in [0.2, 0.25) is 0 Å². The van der Waals surface area contributed by atoms with Gasteiger partial charge in [-0.2, -0.15) is 0 Å². The Labute approximate surface area is 204 Å². The minimum absolute atomic E-state index is 0. The van der Waals surface area contributed by atoms with E-state index in [2.05, 4.69) is 15.3 Å². The number of nitrogens with two attached hydrogens (primary N) is 1. The van der Waals surface area contributed by atoms with Gasteiger partial charge in [0.15, 0.2) is 6.61 Å². The Hall–Kier alpha value is -2.99. The molecule has 12 heteroatoms. The van der Waals surface area contributed by atoms with Gasteiger partial charge >= 0.3 is 5.97 Å². The summed E-state index contributed by atoms with van der Waals surface area (Å²) in [6, 6.07) is 5.53. The maximum absolute atomic E-state index is 12.2. The summed E-state index contributed by atoms with van der Waals surface area (Å²) in [4.78, 5) is 42.0. The maximum Gasteiger partial charge on any atom is 0.372 e. The molecular formula is C22H25ClN4O6S. The first-order chi connectivity index (χ1) is 15.7. The molecule has 0 saturated heterocycles. The number of rotatable bonds is 2. The number of ether oxygens (including phenoxy) is 2. The number of H-pyrrole nitrogens is 1. The van der Waals surface area contributed by atoms with Crippen molar-refractivity contribution in [3.8, 4) is 5.75 Å². The zero-order valence-corrected chi connectivity index (χ0v) is 20.2. The third-order valence-corrected chi connectivity index (χ3v) is 6.47. The molecule has 0 atom stereocenters. The van der Waals surface area contributed by atoms with E-state index in [1.54, 1.807) is 0 Å². The molecule has 2 aliphatic heterocycles. The van der Waals surface area contributed by atoms with Crippen LogP contribution in [0.3, 0.4) is 0 Å². The number of carbonyl (C=O) groups is 2. The molecule has 0 saturated carbocycles. The summed E-state index contributed by atoms with van der Waals surface area (Å²) in [6.45, 7) is 5.12. The number of carbonyl (C=O) groups excluding carboxylic acids is 1. The van der Waals surface area contributed by atoms with Gasteiger partial charge in [0.25, 0.3) is 11.5 Å². The van der Waals surface area contributed by atoms with Crippen molar-refractivity contribution in [1.82, 2.24) is 9.97 Å². The second-order valence-corrected chi connectivity index (χ2v) is 9.39. The van der Waals surface area contributed by atoms with Crippen molar-refractivity contribution in [2.45, 2.75) is 38.8 Å². The van der Waals surface area contributed by atoms with Crippen LogP contribution in [0.4, 0.5) is 5.69 Å². The molecular weight excluding hydrogens is 484 g/mol. The molecule has 5 N–H and O–H groups in total. The highest BCUT2D eigenvalue weighted by atomic mass is 35.5. The Kier molecular flexibility index (Phi) is 7.61. The number of anilines is 1. The molecule has 0 spiro atoms. The highest BCUT2D eigenvalue weighted by Gasteiger charge is 2.29. The largest absolute Gasteiger partial charge is 0.482 e. The highest BCUT2D eigenvalue weighted by Crippen LogP contribution is 2.34. The van der Waals surface area contributed by atoms with Gasteiger partial charge in [-0.15, -0.1) is 23.7 Å². The fraction of sp³-hybridized carbons (Fsp3) is 0.364. The monoisotopic (exact) mass is 508 g/mol. The number of aromatic carboxylic acids is 1. The lowest BCUT2D eigenvalue weighted by molar-refractivity contribution is -0.118. The molecule has 0 aliphatic carbocycles. The minimum Gasteiger partial charge on any atom is -0.482 e. The fourth-order valence-electron chi connectivity index (χ4n) is 3.75. The SMILES string of the molecule is CC1(C)Cc2c(sc3nc(C(=O)O)[nH]c(=O)c23)CCO1.Cl.NCc1ccc2c(c1)NC(=O)CO2. The van der Waals surface area contributed by atoms with Crippen LogP contribution >= 0.6 is 23.7 Å². The topological polar surface area (TPSA) is 157 Å². The fourth-order valence-corrected chi connectivity index (χ4v) is 4.93. The summed E-state index contributed by atoms with van der Waals surface area (Å²) in [6.07, 6.45) is 1.35. The molecule has 182 valence electrons. The van der Waals surface area contributed by atoms with Gasteiger partial charge in [0.2, 0.25) is 5.82 Å². The van der Waals surface area contributed by atoms with Crippen molar-refractivity contribution in [2.24, 2.45) is 5.73 Å². The van der Waals surface area contributed by atoms with E-state index in [4.69, 9.17) is 20.3 Å². The molecule has 2 aliphatic rings. The molecule has 10 nitrogen and oxygen atoms in total. The van der Waals surface area contributed by atoms with Gasteiger partial charge in [0.1, 0.15) is 10.6 Å². The molecule has 34 heavy (non-hydrogen) atoms. The zero-order chi connectivity index (χ0) is 23.8. The Morgan fingerprint density at radius 1 is 1.32 bits per heavy atom. The van der Waals surface area contributed by atoms with Crippen LogP contribution in [0.5, 0.6) is 5.75 Å². The minimum atomic E-state index is -1.23. The van der Waals surface area contributed by atoms with E-state index in [1.165, 1.54) is 11.3 Å². The summed E-state index contributed by atoms with van der Waals surface area (Å²) in [5.41, 5.74) is 7.37. The zero-order valence-electron chi connectivity index (χ0n) is 18.6. The molecule has 1 aromatic carbocycles. The first-order valence-electron chi connectivity index (χ1n) is 10.3. The molecule has 0 fully saturated rings. The molecule has 2 aromatic heterocycles. The van der Waals surface area contributed by atoms with E-state index in [-0.39, 0.29) is 41.9 Å². The van der Waals surface area contributed by atoms with E-state index in [0.29, 0.717) is 41.2 Å². The van der Waals surface area contributed by atoms with E-state index in [0.717, 1.165) is 22.4 Å². The Morgan fingerprint density at radius 3 is 2.79 bits per heavy atom. The second kappa shape index (κ2) is 10.1. The van der Waals surface area contributed by atoms with Crippen molar-refractivity contribution in [1.29, 1.82) is 0 Å². The van der Waals surface area contributed by atoms with Crippen LogP contribution in [-0.4, -0.2) is 45.8 Å². The molecule has 0 unspecified atom stereocenters. The predicted molar refractivity (Wildman–Crippen MR) is 130 cm³/mol. The van der Waals surface area contributed by atoms with E-state index in [9.17, 15) is 14.4 Å². The van der Waals surface area contributed by atoms with E-state index < -0.39 is 5.97 Å². The number of hydrogen-bond donors (Lipinski definition) is 4. The van der Waals surface area contributed by atoms with Gasteiger partial charge in [-0.1, -0.05) is 6.07 Å². The second-order valence-electron chi connectivity index (χ2n) is 8.31. The van der Waals surface area contributed by atoms with Crippen molar-refractivity contribution >= 4 is 51.5 Å². The molecule has 1 amide bonds. The van der Waals surface area contributed by atoms with Gasteiger partial charge in [-0.05, 0) is 37.1 Å². The van der Waals surface area contributed by atoms with Crippen LogP contribution in [0.15, 0.2) is 23.0 Å². The Morgan fingerprint density at radius 2 is 2.09 bits per heavy atom. The molecule has 5 rings (SSSR count).